The Balaban J connectivity index is 3.00. The van der Waals surface area contributed by atoms with Crippen LogP contribution in [0.2, 0.25) is 0 Å². The first-order chi connectivity index (χ1) is 7.20. The van der Waals surface area contributed by atoms with Gasteiger partial charge in [0.2, 0.25) is 0 Å². The number of para-hydroxylation sites is 1. The molecular weight excluding hydrogens is 191 g/mol. The van der Waals surface area contributed by atoms with Gasteiger partial charge in [-0.3, -0.25) is 0 Å². The van der Waals surface area contributed by atoms with Gasteiger partial charge in [-0.1, -0.05) is 19.1 Å². The fourth-order valence-electron chi connectivity index (χ4n) is 1.77. The van der Waals surface area contributed by atoms with Crippen molar-refractivity contribution in [3.8, 4) is 0 Å². The first-order valence-electron chi connectivity index (χ1n) is 5.33. The summed E-state index contributed by atoms with van der Waals surface area (Å²) in [5.41, 5.74) is 1.72. The molecule has 0 saturated heterocycles. The van der Waals surface area contributed by atoms with Crippen LogP contribution in [0.4, 0.5) is 10.1 Å². The van der Waals surface area contributed by atoms with Crippen LogP contribution in [0.5, 0.6) is 0 Å². The minimum atomic E-state index is -0.140. The van der Waals surface area contributed by atoms with Crippen LogP contribution in [-0.4, -0.2) is 20.6 Å². The Kier molecular flexibility index (Phi) is 4.56. The van der Waals surface area contributed by atoms with Gasteiger partial charge in [-0.15, -0.1) is 0 Å². The third-order valence-electron chi connectivity index (χ3n) is 2.38. The van der Waals surface area contributed by atoms with E-state index in [1.807, 2.05) is 25.1 Å². The number of nitrogens with one attached hydrogen (secondary N) is 1. The van der Waals surface area contributed by atoms with Crippen molar-refractivity contribution in [3.63, 3.8) is 0 Å². The van der Waals surface area contributed by atoms with Crippen molar-refractivity contribution in [3.05, 3.63) is 29.6 Å². The molecule has 0 unspecified atom stereocenters. The Morgan fingerprint density at radius 2 is 2.13 bits per heavy atom. The highest BCUT2D eigenvalue weighted by Crippen LogP contribution is 2.23. The summed E-state index contributed by atoms with van der Waals surface area (Å²) in [5.74, 6) is -0.140. The average molecular weight is 210 g/mol. The summed E-state index contributed by atoms with van der Waals surface area (Å²) in [7, 11) is 3.80. The van der Waals surface area contributed by atoms with Crippen molar-refractivity contribution < 1.29 is 4.39 Å². The predicted molar refractivity (Wildman–Crippen MR) is 62.7 cm³/mol. The second-order valence-corrected chi connectivity index (χ2v) is 3.70. The van der Waals surface area contributed by atoms with Gasteiger partial charge in [0.15, 0.2) is 0 Å². The van der Waals surface area contributed by atoms with Gasteiger partial charge in [-0.2, -0.15) is 0 Å². The molecule has 0 heterocycles. The van der Waals surface area contributed by atoms with Gasteiger partial charge in [-0.05, 0) is 25.1 Å². The molecular formula is C12H19FN2. The van der Waals surface area contributed by atoms with Crippen LogP contribution in [-0.2, 0) is 6.54 Å². The maximum Gasteiger partial charge on any atom is 0.146 e. The van der Waals surface area contributed by atoms with Gasteiger partial charge < -0.3 is 10.2 Å². The van der Waals surface area contributed by atoms with Crippen molar-refractivity contribution in [2.45, 2.75) is 19.9 Å². The fraction of sp³-hybridized carbons (Fsp3) is 0.500. The molecule has 84 valence electrons. The molecule has 1 N–H and O–H groups in total. The molecule has 0 bridgehead atoms. The molecule has 0 spiro atoms. The molecule has 2 nitrogen and oxygen atoms in total. The van der Waals surface area contributed by atoms with E-state index < -0.39 is 0 Å². The molecule has 0 aliphatic rings. The smallest absolute Gasteiger partial charge is 0.146 e. The lowest BCUT2D eigenvalue weighted by atomic mass is 10.1. The standard InChI is InChI=1S/C12H19FN2/c1-4-8-15(3)12-10(9-14-2)6-5-7-11(12)13/h5-7,14H,4,8-9H2,1-3H3. The summed E-state index contributed by atoms with van der Waals surface area (Å²) in [5, 5.41) is 3.06. The van der Waals surface area contributed by atoms with E-state index in [1.54, 1.807) is 6.07 Å². The van der Waals surface area contributed by atoms with Crippen LogP contribution in [0.1, 0.15) is 18.9 Å². The zero-order valence-electron chi connectivity index (χ0n) is 9.68. The maximum atomic E-state index is 13.7. The molecule has 0 aliphatic carbocycles. The zero-order valence-corrected chi connectivity index (χ0v) is 9.68. The van der Waals surface area contributed by atoms with Crippen LogP contribution in [0.25, 0.3) is 0 Å². The lowest BCUT2D eigenvalue weighted by Crippen LogP contribution is -2.22. The first kappa shape index (κ1) is 12.0. The van der Waals surface area contributed by atoms with Crippen LogP contribution < -0.4 is 10.2 Å². The third-order valence-corrected chi connectivity index (χ3v) is 2.38. The van der Waals surface area contributed by atoms with E-state index >= 15 is 0 Å². The quantitative estimate of drug-likeness (QED) is 0.802. The SMILES string of the molecule is CCCN(C)c1c(F)cccc1CNC. The van der Waals surface area contributed by atoms with E-state index in [9.17, 15) is 4.39 Å². The van der Waals surface area contributed by atoms with Gasteiger partial charge in [0, 0.05) is 20.1 Å². The lowest BCUT2D eigenvalue weighted by Gasteiger charge is -2.22. The van der Waals surface area contributed by atoms with Crippen molar-refractivity contribution in [2.75, 3.05) is 25.5 Å². The second kappa shape index (κ2) is 5.71. The van der Waals surface area contributed by atoms with E-state index in [0.717, 1.165) is 18.5 Å². The molecule has 0 fully saturated rings. The third kappa shape index (κ3) is 2.93. The number of nitrogens with zero attached hydrogens (tertiary/aromatic N) is 1. The zero-order chi connectivity index (χ0) is 11.3. The molecule has 1 aromatic carbocycles. The summed E-state index contributed by atoms with van der Waals surface area (Å²) in [6.07, 6.45) is 1.02. The van der Waals surface area contributed by atoms with Crippen LogP contribution >= 0.6 is 0 Å². The van der Waals surface area contributed by atoms with E-state index in [4.69, 9.17) is 0 Å². The predicted octanol–water partition coefficient (Wildman–Crippen LogP) is 2.39. The number of benzene rings is 1. The minimum Gasteiger partial charge on any atom is -0.372 e. The van der Waals surface area contributed by atoms with Crippen LogP contribution in [0.15, 0.2) is 18.2 Å². The van der Waals surface area contributed by atoms with Gasteiger partial charge >= 0.3 is 0 Å². The summed E-state index contributed by atoms with van der Waals surface area (Å²) in [4.78, 5) is 1.97. The Morgan fingerprint density at radius 1 is 1.40 bits per heavy atom. The van der Waals surface area contributed by atoms with Crippen molar-refractivity contribution in [2.24, 2.45) is 0 Å². The van der Waals surface area contributed by atoms with E-state index in [2.05, 4.69) is 12.2 Å². The fourth-order valence-corrected chi connectivity index (χ4v) is 1.77. The number of hydrogen-bond acceptors (Lipinski definition) is 2. The normalized spacial score (nSPS) is 10.4. The Bertz CT molecular complexity index is 312. The van der Waals surface area contributed by atoms with Crippen molar-refractivity contribution in [1.29, 1.82) is 0 Å². The number of rotatable bonds is 5. The van der Waals surface area contributed by atoms with Gasteiger partial charge in [-0.25, -0.2) is 4.39 Å². The Morgan fingerprint density at radius 3 is 2.73 bits per heavy atom. The molecule has 0 radical (unpaired) electrons. The van der Waals surface area contributed by atoms with E-state index in [-0.39, 0.29) is 5.82 Å². The Labute approximate surface area is 91.1 Å². The monoisotopic (exact) mass is 210 g/mol. The molecule has 0 aromatic heterocycles. The van der Waals surface area contributed by atoms with E-state index in [0.29, 0.717) is 12.2 Å². The maximum absolute atomic E-state index is 13.7. The van der Waals surface area contributed by atoms with Gasteiger partial charge in [0.1, 0.15) is 5.82 Å². The molecule has 1 rings (SSSR count). The molecule has 3 heteroatoms. The summed E-state index contributed by atoms with van der Waals surface area (Å²) in [6.45, 7) is 3.66. The lowest BCUT2D eigenvalue weighted by molar-refractivity contribution is 0.617. The molecule has 0 saturated carbocycles. The molecule has 0 amide bonds. The van der Waals surface area contributed by atoms with Gasteiger partial charge in [0.25, 0.3) is 0 Å². The molecule has 1 aromatic rings. The number of anilines is 1. The summed E-state index contributed by atoms with van der Waals surface area (Å²) in [6, 6.07) is 5.23. The number of hydrogen-bond donors (Lipinski definition) is 1. The highest BCUT2D eigenvalue weighted by Gasteiger charge is 2.11. The van der Waals surface area contributed by atoms with Crippen LogP contribution in [0, 0.1) is 5.82 Å². The number of halogens is 1. The van der Waals surface area contributed by atoms with Crippen molar-refractivity contribution >= 4 is 5.69 Å². The molecule has 15 heavy (non-hydrogen) atoms. The highest BCUT2D eigenvalue weighted by molar-refractivity contribution is 5.54. The van der Waals surface area contributed by atoms with Crippen molar-refractivity contribution in [1.82, 2.24) is 5.32 Å². The minimum absolute atomic E-state index is 0.140. The van der Waals surface area contributed by atoms with Gasteiger partial charge in [0.05, 0.1) is 5.69 Å². The van der Waals surface area contributed by atoms with Crippen LogP contribution in [0.3, 0.4) is 0 Å². The first-order valence-corrected chi connectivity index (χ1v) is 5.33. The Hall–Kier alpha value is -1.09. The molecule has 0 atom stereocenters. The average Bonchev–Trinajstić information content (AvgIpc) is 2.18. The topological polar surface area (TPSA) is 15.3 Å². The molecule has 0 aliphatic heterocycles. The summed E-state index contributed by atoms with van der Waals surface area (Å²) < 4.78 is 13.7. The summed E-state index contributed by atoms with van der Waals surface area (Å²) >= 11 is 0. The largest absolute Gasteiger partial charge is 0.372 e. The second-order valence-electron chi connectivity index (χ2n) is 3.70. The highest BCUT2D eigenvalue weighted by atomic mass is 19.1. The van der Waals surface area contributed by atoms with E-state index in [1.165, 1.54) is 6.07 Å².